The molecule has 0 aliphatic carbocycles. The number of nitrogen functional groups attached to an aromatic ring is 1. The molecule has 6 heteroatoms. The molecule has 0 saturated carbocycles. The summed E-state index contributed by atoms with van der Waals surface area (Å²) in [6.07, 6.45) is 1.78. The van der Waals surface area contributed by atoms with E-state index in [1.807, 2.05) is 24.3 Å². The summed E-state index contributed by atoms with van der Waals surface area (Å²) >= 11 is 1.57. The van der Waals surface area contributed by atoms with Crippen molar-refractivity contribution in [3.8, 4) is 0 Å². The Morgan fingerprint density at radius 3 is 2.82 bits per heavy atom. The second kappa shape index (κ2) is 5.53. The van der Waals surface area contributed by atoms with Crippen molar-refractivity contribution in [1.82, 2.24) is 9.97 Å². The van der Waals surface area contributed by atoms with Crippen molar-refractivity contribution in [3.63, 3.8) is 0 Å². The molecule has 0 saturated heterocycles. The number of thiazole rings is 1. The van der Waals surface area contributed by atoms with Crippen LogP contribution in [0.4, 0.5) is 5.82 Å². The van der Waals surface area contributed by atoms with Crippen molar-refractivity contribution < 1.29 is 4.84 Å². The molecule has 0 aliphatic heterocycles. The molecule has 3 rings (SSSR count). The maximum absolute atomic E-state index is 6.01. The summed E-state index contributed by atoms with van der Waals surface area (Å²) in [4.78, 5) is 14.3. The van der Waals surface area contributed by atoms with Crippen LogP contribution in [-0.4, -0.2) is 16.2 Å². The lowest BCUT2D eigenvalue weighted by molar-refractivity contribution is 0.129. The van der Waals surface area contributed by atoms with Crippen LogP contribution in [0, 0.1) is 5.41 Å². The number of rotatable bonds is 3. The summed E-state index contributed by atoms with van der Waals surface area (Å²) in [5.74, 6) is 0.453. The highest BCUT2D eigenvalue weighted by atomic mass is 32.1. The normalized spacial score (nSPS) is 12.5. The number of para-hydroxylation sites is 1. The Bertz CT molecular complexity index is 848. The zero-order valence-corrected chi connectivity index (χ0v) is 13.6. The maximum atomic E-state index is 6.01. The van der Waals surface area contributed by atoms with Crippen molar-refractivity contribution in [1.29, 1.82) is 0 Å². The van der Waals surface area contributed by atoms with Crippen LogP contribution in [0.2, 0.25) is 0 Å². The molecular weight excluding hydrogens is 296 g/mol. The SMILES string of the molecule is CC(C)(C)/C=N/OCc1nc2c(N)nc3ccccc3c2s1. The first kappa shape index (κ1) is 14.7. The molecule has 2 N–H and O–H groups in total. The van der Waals surface area contributed by atoms with Crippen LogP contribution in [0.25, 0.3) is 21.1 Å². The van der Waals surface area contributed by atoms with Crippen LogP contribution < -0.4 is 5.73 Å². The van der Waals surface area contributed by atoms with Crippen LogP contribution in [0.3, 0.4) is 0 Å². The Kier molecular flexibility index (Phi) is 3.70. The van der Waals surface area contributed by atoms with Crippen LogP contribution >= 0.6 is 11.3 Å². The van der Waals surface area contributed by atoms with E-state index in [9.17, 15) is 0 Å². The third-order valence-corrected chi connectivity index (χ3v) is 4.07. The van der Waals surface area contributed by atoms with Gasteiger partial charge in [0.25, 0.3) is 0 Å². The summed E-state index contributed by atoms with van der Waals surface area (Å²) in [6, 6.07) is 7.93. The fourth-order valence-corrected chi connectivity index (χ4v) is 3.03. The highest BCUT2D eigenvalue weighted by Crippen LogP contribution is 2.32. The molecule has 0 spiro atoms. The molecule has 0 atom stereocenters. The van der Waals surface area contributed by atoms with Gasteiger partial charge in [-0.05, 0) is 6.07 Å². The Morgan fingerprint density at radius 1 is 1.27 bits per heavy atom. The first-order valence-corrected chi connectivity index (χ1v) is 7.86. The topological polar surface area (TPSA) is 73.4 Å². The van der Waals surface area contributed by atoms with Crippen LogP contribution in [0.15, 0.2) is 29.4 Å². The van der Waals surface area contributed by atoms with Gasteiger partial charge in [-0.25, -0.2) is 9.97 Å². The number of nitrogens with zero attached hydrogens (tertiary/aromatic N) is 3. The fraction of sp³-hybridized carbons (Fsp3) is 0.312. The number of aromatic nitrogens is 2. The van der Waals surface area contributed by atoms with Crippen LogP contribution in [0.1, 0.15) is 25.8 Å². The predicted octanol–water partition coefficient (Wildman–Crippen LogP) is 3.98. The summed E-state index contributed by atoms with van der Waals surface area (Å²) in [7, 11) is 0. The van der Waals surface area contributed by atoms with E-state index >= 15 is 0 Å². The largest absolute Gasteiger partial charge is 0.389 e. The minimum atomic E-state index is -0.00184. The molecule has 2 aromatic heterocycles. The van der Waals surface area contributed by atoms with Gasteiger partial charge in [0, 0.05) is 17.0 Å². The van der Waals surface area contributed by atoms with E-state index in [1.165, 1.54) is 0 Å². The molecule has 3 aromatic rings. The molecule has 1 aromatic carbocycles. The average molecular weight is 314 g/mol. The monoisotopic (exact) mass is 314 g/mol. The van der Waals surface area contributed by atoms with E-state index in [2.05, 4.69) is 35.9 Å². The number of hydrogen-bond acceptors (Lipinski definition) is 6. The minimum absolute atomic E-state index is 0.00184. The van der Waals surface area contributed by atoms with Crippen molar-refractivity contribution in [2.75, 3.05) is 5.73 Å². The molecule has 2 heterocycles. The first-order chi connectivity index (χ1) is 10.4. The zero-order valence-electron chi connectivity index (χ0n) is 12.8. The number of oxime groups is 1. The van der Waals surface area contributed by atoms with Gasteiger partial charge < -0.3 is 10.6 Å². The van der Waals surface area contributed by atoms with Gasteiger partial charge in [-0.1, -0.05) is 44.1 Å². The highest BCUT2D eigenvalue weighted by Gasteiger charge is 2.12. The highest BCUT2D eigenvalue weighted by molar-refractivity contribution is 7.19. The summed E-state index contributed by atoms with van der Waals surface area (Å²) in [5.41, 5.74) is 7.63. The van der Waals surface area contributed by atoms with Gasteiger partial charge >= 0.3 is 0 Å². The standard InChI is InChI=1S/C16H18N4OS/c1-16(2,3)9-18-21-8-12-20-13-14(22-12)10-6-4-5-7-11(10)19-15(13)17/h4-7,9H,8H2,1-3H3,(H2,17,19)/b18-9+. The zero-order chi connectivity index (χ0) is 15.7. The van der Waals surface area contributed by atoms with E-state index in [1.54, 1.807) is 17.6 Å². The number of benzene rings is 1. The molecule has 0 fully saturated rings. The quantitative estimate of drug-likeness (QED) is 0.586. The molecule has 22 heavy (non-hydrogen) atoms. The first-order valence-electron chi connectivity index (χ1n) is 7.04. The van der Waals surface area contributed by atoms with Gasteiger partial charge in [0.15, 0.2) is 12.4 Å². The number of hydrogen-bond donors (Lipinski definition) is 1. The number of fused-ring (bicyclic) bond motifs is 3. The fourth-order valence-electron chi connectivity index (χ4n) is 2.02. The number of pyridine rings is 1. The molecular formula is C16H18N4OS. The van der Waals surface area contributed by atoms with Crippen molar-refractivity contribution in [2.45, 2.75) is 27.4 Å². The molecule has 5 nitrogen and oxygen atoms in total. The Labute approximate surface area is 132 Å². The summed E-state index contributed by atoms with van der Waals surface area (Å²) in [5, 5.41) is 5.89. The van der Waals surface area contributed by atoms with E-state index in [0.717, 1.165) is 26.1 Å². The lowest BCUT2D eigenvalue weighted by Gasteiger charge is -2.08. The van der Waals surface area contributed by atoms with Crippen molar-refractivity contribution in [2.24, 2.45) is 10.6 Å². The predicted molar refractivity (Wildman–Crippen MR) is 92.1 cm³/mol. The maximum Gasteiger partial charge on any atom is 0.168 e. The van der Waals surface area contributed by atoms with E-state index < -0.39 is 0 Å². The summed E-state index contributed by atoms with van der Waals surface area (Å²) < 4.78 is 1.04. The van der Waals surface area contributed by atoms with E-state index in [4.69, 9.17) is 10.6 Å². The van der Waals surface area contributed by atoms with E-state index in [-0.39, 0.29) is 5.41 Å². The Balaban J connectivity index is 1.91. The summed E-state index contributed by atoms with van der Waals surface area (Å²) in [6.45, 7) is 6.53. The Morgan fingerprint density at radius 2 is 2.05 bits per heavy atom. The van der Waals surface area contributed by atoms with Crippen molar-refractivity contribution in [3.05, 3.63) is 29.3 Å². The van der Waals surface area contributed by atoms with Gasteiger partial charge in [-0.15, -0.1) is 11.3 Å². The van der Waals surface area contributed by atoms with Gasteiger partial charge in [0.2, 0.25) is 0 Å². The molecule has 0 amide bonds. The lowest BCUT2D eigenvalue weighted by Crippen LogP contribution is -2.06. The van der Waals surface area contributed by atoms with Gasteiger partial charge in [-0.2, -0.15) is 0 Å². The number of anilines is 1. The lowest BCUT2D eigenvalue weighted by atomic mass is 10.00. The molecule has 0 aliphatic rings. The smallest absolute Gasteiger partial charge is 0.168 e. The molecule has 0 radical (unpaired) electrons. The minimum Gasteiger partial charge on any atom is -0.389 e. The van der Waals surface area contributed by atoms with E-state index in [0.29, 0.717) is 12.4 Å². The third kappa shape index (κ3) is 3.01. The second-order valence-electron chi connectivity index (χ2n) is 6.17. The average Bonchev–Trinajstić information content (AvgIpc) is 2.88. The molecule has 0 unspecified atom stereocenters. The molecule has 114 valence electrons. The van der Waals surface area contributed by atoms with Crippen LogP contribution in [-0.2, 0) is 11.4 Å². The Hall–Kier alpha value is -2.21. The second-order valence-corrected chi connectivity index (χ2v) is 7.26. The van der Waals surface area contributed by atoms with Crippen LogP contribution in [0.5, 0.6) is 0 Å². The van der Waals surface area contributed by atoms with Gasteiger partial charge in [-0.3, -0.25) is 0 Å². The van der Waals surface area contributed by atoms with Crippen molar-refractivity contribution >= 4 is 44.5 Å². The third-order valence-electron chi connectivity index (χ3n) is 3.01. The number of nitrogens with two attached hydrogens (primary N) is 1. The molecule has 0 bridgehead atoms. The van der Waals surface area contributed by atoms with Gasteiger partial charge in [0.05, 0.1) is 10.2 Å². The van der Waals surface area contributed by atoms with Gasteiger partial charge in [0.1, 0.15) is 10.5 Å².